The van der Waals surface area contributed by atoms with Gasteiger partial charge in [0.1, 0.15) is 11.8 Å². The van der Waals surface area contributed by atoms with Crippen LogP contribution in [0, 0.1) is 0 Å². The number of carbonyl (C=O) groups excluding carboxylic acids is 2. The van der Waals surface area contributed by atoms with E-state index >= 15 is 0 Å². The van der Waals surface area contributed by atoms with Gasteiger partial charge in [0.2, 0.25) is 21.8 Å². The van der Waals surface area contributed by atoms with Crippen LogP contribution in [0.5, 0.6) is 5.75 Å². The second kappa shape index (κ2) is 13.8. The van der Waals surface area contributed by atoms with Crippen LogP contribution in [0.15, 0.2) is 48.5 Å². The van der Waals surface area contributed by atoms with E-state index in [1.807, 2.05) is 25.1 Å². The van der Waals surface area contributed by atoms with Gasteiger partial charge in [-0.2, -0.15) is 0 Å². The Balaban J connectivity index is 1.71. The molecule has 0 aromatic heterocycles. The first-order valence-corrected chi connectivity index (χ1v) is 15.4. The van der Waals surface area contributed by atoms with Gasteiger partial charge in [0.15, 0.2) is 0 Å². The van der Waals surface area contributed by atoms with Crippen molar-refractivity contribution in [3.05, 3.63) is 59.1 Å². The fourth-order valence-corrected chi connectivity index (χ4v) is 5.82. The SMILES string of the molecule is CCOc1ccc(N(CCCC(=O)N(Cc2ccccc2Cl)[C@@H](C)C(=O)NC2CCCC2)S(C)(=O)=O)cc1. The van der Waals surface area contributed by atoms with E-state index in [0.717, 1.165) is 37.5 Å². The predicted octanol–water partition coefficient (Wildman–Crippen LogP) is 4.76. The smallest absolute Gasteiger partial charge is 0.242 e. The molecule has 1 N–H and O–H groups in total. The fraction of sp³-hybridized carbons (Fsp3) is 0.500. The lowest BCUT2D eigenvalue weighted by Gasteiger charge is -2.30. The minimum absolute atomic E-state index is 0.0779. The molecule has 1 aliphatic carbocycles. The molecule has 10 heteroatoms. The lowest BCUT2D eigenvalue weighted by molar-refractivity contribution is -0.140. The summed E-state index contributed by atoms with van der Waals surface area (Å²) in [6.07, 6.45) is 5.58. The number of rotatable bonds is 13. The molecule has 1 fully saturated rings. The molecule has 0 heterocycles. The lowest BCUT2D eigenvalue weighted by atomic mass is 10.1. The predicted molar refractivity (Wildman–Crippen MR) is 151 cm³/mol. The number of anilines is 1. The number of benzene rings is 2. The number of nitrogens with zero attached hydrogens (tertiary/aromatic N) is 2. The Morgan fingerprint density at radius 2 is 1.76 bits per heavy atom. The number of halogens is 1. The van der Waals surface area contributed by atoms with Crippen LogP contribution in [0.1, 0.15) is 57.9 Å². The maximum atomic E-state index is 13.4. The second-order valence-corrected chi connectivity index (χ2v) is 12.0. The molecule has 208 valence electrons. The van der Waals surface area contributed by atoms with Gasteiger partial charge in [0.05, 0.1) is 18.6 Å². The van der Waals surface area contributed by atoms with Crippen LogP contribution in [0.25, 0.3) is 0 Å². The third-order valence-electron chi connectivity index (χ3n) is 6.76. The van der Waals surface area contributed by atoms with Crippen molar-refractivity contribution in [2.45, 2.75) is 71.0 Å². The van der Waals surface area contributed by atoms with Crippen molar-refractivity contribution in [1.29, 1.82) is 0 Å². The summed E-state index contributed by atoms with van der Waals surface area (Å²) in [5, 5.41) is 3.60. The number of nitrogens with one attached hydrogen (secondary N) is 1. The van der Waals surface area contributed by atoms with Gasteiger partial charge in [0, 0.05) is 30.6 Å². The molecule has 2 amide bonds. The van der Waals surface area contributed by atoms with E-state index in [-0.39, 0.29) is 43.8 Å². The van der Waals surface area contributed by atoms with Crippen LogP contribution in [-0.4, -0.2) is 56.6 Å². The van der Waals surface area contributed by atoms with Gasteiger partial charge in [-0.05, 0) is 69.0 Å². The number of carbonyl (C=O) groups is 2. The van der Waals surface area contributed by atoms with E-state index in [2.05, 4.69) is 5.32 Å². The van der Waals surface area contributed by atoms with E-state index in [1.54, 1.807) is 37.3 Å². The largest absolute Gasteiger partial charge is 0.494 e. The summed E-state index contributed by atoms with van der Waals surface area (Å²) in [4.78, 5) is 28.0. The Labute approximate surface area is 231 Å². The molecule has 0 saturated heterocycles. The highest BCUT2D eigenvalue weighted by Crippen LogP contribution is 2.24. The summed E-state index contributed by atoms with van der Waals surface area (Å²) >= 11 is 6.37. The first-order chi connectivity index (χ1) is 18.1. The first-order valence-electron chi connectivity index (χ1n) is 13.1. The molecule has 0 radical (unpaired) electrons. The monoisotopic (exact) mass is 563 g/mol. The molecular weight excluding hydrogens is 526 g/mol. The van der Waals surface area contributed by atoms with Crippen molar-refractivity contribution < 1.29 is 22.7 Å². The second-order valence-electron chi connectivity index (χ2n) is 9.64. The zero-order valence-electron chi connectivity index (χ0n) is 22.4. The van der Waals surface area contributed by atoms with Crippen LogP contribution >= 0.6 is 11.6 Å². The average molecular weight is 564 g/mol. The van der Waals surface area contributed by atoms with Crippen LogP contribution in [0.3, 0.4) is 0 Å². The van der Waals surface area contributed by atoms with Gasteiger partial charge in [0.25, 0.3) is 0 Å². The zero-order chi connectivity index (χ0) is 27.7. The Hall–Kier alpha value is -2.78. The molecule has 0 aliphatic heterocycles. The third-order valence-corrected chi connectivity index (χ3v) is 8.32. The van der Waals surface area contributed by atoms with Crippen LogP contribution in [0.4, 0.5) is 5.69 Å². The third kappa shape index (κ3) is 8.36. The summed E-state index contributed by atoms with van der Waals surface area (Å²) in [5.41, 5.74) is 1.25. The van der Waals surface area contributed by atoms with Gasteiger partial charge in [-0.15, -0.1) is 0 Å². The van der Waals surface area contributed by atoms with E-state index in [4.69, 9.17) is 16.3 Å². The topological polar surface area (TPSA) is 96.0 Å². The van der Waals surface area contributed by atoms with Gasteiger partial charge in [-0.1, -0.05) is 42.6 Å². The van der Waals surface area contributed by atoms with Gasteiger partial charge in [-0.25, -0.2) is 8.42 Å². The molecule has 3 rings (SSSR count). The Morgan fingerprint density at radius 1 is 1.11 bits per heavy atom. The maximum absolute atomic E-state index is 13.4. The average Bonchev–Trinajstić information content (AvgIpc) is 3.39. The van der Waals surface area contributed by atoms with E-state index in [9.17, 15) is 18.0 Å². The highest BCUT2D eigenvalue weighted by atomic mass is 35.5. The van der Waals surface area contributed by atoms with Crippen molar-refractivity contribution in [2.75, 3.05) is 23.7 Å². The summed E-state index contributed by atoms with van der Waals surface area (Å²) in [6, 6.07) is 13.5. The van der Waals surface area contributed by atoms with Crippen LogP contribution in [-0.2, 0) is 26.2 Å². The van der Waals surface area contributed by atoms with Crippen molar-refractivity contribution in [2.24, 2.45) is 0 Å². The van der Waals surface area contributed by atoms with Crippen molar-refractivity contribution in [3.63, 3.8) is 0 Å². The first kappa shape index (κ1) is 29.8. The Morgan fingerprint density at radius 3 is 2.37 bits per heavy atom. The van der Waals surface area contributed by atoms with E-state index < -0.39 is 16.1 Å². The maximum Gasteiger partial charge on any atom is 0.242 e. The number of ether oxygens (including phenoxy) is 1. The normalized spacial score (nSPS) is 14.6. The fourth-order valence-electron chi connectivity index (χ4n) is 4.66. The summed E-state index contributed by atoms with van der Waals surface area (Å²) in [7, 11) is -3.57. The molecule has 8 nitrogen and oxygen atoms in total. The number of hydrogen-bond donors (Lipinski definition) is 1. The van der Waals surface area contributed by atoms with Crippen molar-refractivity contribution in [1.82, 2.24) is 10.2 Å². The van der Waals surface area contributed by atoms with Gasteiger partial charge in [-0.3, -0.25) is 13.9 Å². The quantitative estimate of drug-likeness (QED) is 0.379. The highest BCUT2D eigenvalue weighted by molar-refractivity contribution is 7.92. The standard InChI is InChI=1S/C28H38ClN3O5S/c1-4-37-25-17-15-24(16-18-25)32(38(3,35)36)19-9-14-27(33)31(20-22-10-5-8-13-26(22)29)21(2)28(34)30-23-11-6-7-12-23/h5,8,10,13,15-18,21,23H,4,6-7,9,11-12,14,19-20H2,1-3H3,(H,30,34)/t21-/m0/s1. The molecule has 2 aromatic carbocycles. The molecule has 1 aliphatic rings. The zero-order valence-corrected chi connectivity index (χ0v) is 23.9. The van der Waals surface area contributed by atoms with Crippen molar-refractivity contribution >= 4 is 39.1 Å². The van der Waals surface area contributed by atoms with E-state index in [1.165, 1.54) is 9.21 Å². The lowest BCUT2D eigenvalue weighted by Crippen LogP contribution is -2.49. The Kier molecular flexibility index (Phi) is 10.8. The molecule has 1 atom stereocenters. The van der Waals surface area contributed by atoms with Crippen molar-refractivity contribution in [3.8, 4) is 5.75 Å². The minimum Gasteiger partial charge on any atom is -0.494 e. The summed E-state index contributed by atoms with van der Waals surface area (Å²) in [6.45, 7) is 4.43. The Bertz CT molecular complexity index is 1180. The molecule has 0 spiro atoms. The molecule has 0 bridgehead atoms. The number of sulfonamides is 1. The molecule has 0 unspecified atom stereocenters. The number of hydrogen-bond acceptors (Lipinski definition) is 5. The van der Waals surface area contributed by atoms with Gasteiger partial charge < -0.3 is 15.0 Å². The van der Waals surface area contributed by atoms with Gasteiger partial charge >= 0.3 is 0 Å². The summed E-state index contributed by atoms with van der Waals surface area (Å²) in [5.74, 6) is 0.226. The molecule has 2 aromatic rings. The minimum atomic E-state index is -3.57. The van der Waals surface area contributed by atoms with Crippen LogP contribution in [0.2, 0.25) is 5.02 Å². The van der Waals surface area contributed by atoms with Crippen LogP contribution < -0.4 is 14.4 Å². The molecular formula is C28H38ClN3O5S. The summed E-state index contributed by atoms with van der Waals surface area (Å²) < 4.78 is 31.8. The van der Waals surface area contributed by atoms with E-state index in [0.29, 0.717) is 23.1 Å². The number of amides is 2. The molecule has 38 heavy (non-hydrogen) atoms. The highest BCUT2D eigenvalue weighted by Gasteiger charge is 2.29. The molecule has 1 saturated carbocycles.